The number of carboxylic acids is 1. The lowest BCUT2D eigenvalue weighted by molar-refractivity contribution is -0.153. The maximum absolute atomic E-state index is 11.8. The molecule has 0 spiro atoms. The molecule has 0 unspecified atom stereocenters. The molecular formula is C12H14ClNO3S. The van der Waals surface area contributed by atoms with Crippen molar-refractivity contribution < 1.29 is 14.7 Å². The van der Waals surface area contributed by atoms with E-state index in [1.807, 2.05) is 0 Å². The summed E-state index contributed by atoms with van der Waals surface area (Å²) in [5.74, 6) is -1.42. The van der Waals surface area contributed by atoms with E-state index in [1.54, 1.807) is 18.2 Å². The maximum atomic E-state index is 11.8. The molecule has 0 radical (unpaired) electrons. The highest BCUT2D eigenvalue weighted by Gasteiger charge is 2.34. The van der Waals surface area contributed by atoms with Gasteiger partial charge in [-0.15, -0.1) is 11.3 Å². The SMILES string of the molecule is CN(C(=O)C=Cc1ccc(Cl)s1)C(C)(C)C(=O)O. The molecule has 0 bridgehead atoms. The van der Waals surface area contributed by atoms with E-state index >= 15 is 0 Å². The molecule has 0 saturated heterocycles. The van der Waals surface area contributed by atoms with Crippen LogP contribution in [0.3, 0.4) is 0 Å². The minimum atomic E-state index is -1.24. The van der Waals surface area contributed by atoms with Crippen LogP contribution in [0.4, 0.5) is 0 Å². The highest BCUT2D eigenvalue weighted by Crippen LogP contribution is 2.22. The largest absolute Gasteiger partial charge is 0.480 e. The quantitative estimate of drug-likeness (QED) is 0.866. The van der Waals surface area contributed by atoms with Crippen LogP contribution < -0.4 is 0 Å². The third-order valence-corrected chi connectivity index (χ3v) is 3.87. The number of aliphatic carboxylic acids is 1. The Morgan fingerprint density at radius 1 is 1.44 bits per heavy atom. The smallest absolute Gasteiger partial charge is 0.329 e. The fourth-order valence-electron chi connectivity index (χ4n) is 1.10. The highest BCUT2D eigenvalue weighted by atomic mass is 35.5. The predicted molar refractivity (Wildman–Crippen MR) is 72.8 cm³/mol. The molecular weight excluding hydrogens is 274 g/mol. The first-order chi connectivity index (χ1) is 8.25. The van der Waals surface area contributed by atoms with Crippen molar-refractivity contribution in [3.63, 3.8) is 0 Å². The molecule has 4 nitrogen and oxygen atoms in total. The zero-order chi connectivity index (χ0) is 13.9. The van der Waals surface area contributed by atoms with Gasteiger partial charge in [0.25, 0.3) is 0 Å². The van der Waals surface area contributed by atoms with Crippen molar-refractivity contribution in [2.45, 2.75) is 19.4 Å². The Morgan fingerprint density at radius 2 is 2.06 bits per heavy atom. The van der Waals surface area contributed by atoms with Gasteiger partial charge in [0.1, 0.15) is 5.54 Å². The van der Waals surface area contributed by atoms with Crippen LogP contribution in [-0.4, -0.2) is 34.5 Å². The number of halogens is 1. The molecule has 0 aliphatic heterocycles. The lowest BCUT2D eigenvalue weighted by Gasteiger charge is -2.30. The van der Waals surface area contributed by atoms with E-state index in [-0.39, 0.29) is 5.91 Å². The molecule has 6 heteroatoms. The molecule has 0 saturated carbocycles. The number of amides is 1. The predicted octanol–water partition coefficient (Wildman–Crippen LogP) is 2.74. The molecule has 0 aliphatic rings. The van der Waals surface area contributed by atoms with Gasteiger partial charge in [-0.05, 0) is 32.1 Å². The molecule has 1 aromatic rings. The van der Waals surface area contributed by atoms with E-state index in [9.17, 15) is 9.59 Å². The second kappa shape index (κ2) is 5.54. The minimum Gasteiger partial charge on any atom is -0.480 e. The normalized spacial score (nSPS) is 11.8. The van der Waals surface area contributed by atoms with Gasteiger partial charge in [-0.2, -0.15) is 0 Å². The van der Waals surface area contributed by atoms with Crippen molar-refractivity contribution in [3.05, 3.63) is 27.4 Å². The van der Waals surface area contributed by atoms with E-state index < -0.39 is 11.5 Å². The summed E-state index contributed by atoms with van der Waals surface area (Å²) >= 11 is 7.11. The van der Waals surface area contributed by atoms with Gasteiger partial charge in [0, 0.05) is 18.0 Å². The lowest BCUT2D eigenvalue weighted by atomic mass is 10.0. The molecule has 1 rings (SSSR count). The van der Waals surface area contributed by atoms with Gasteiger partial charge in [-0.25, -0.2) is 4.79 Å². The first kappa shape index (κ1) is 14.7. The average molecular weight is 288 g/mol. The number of thiophene rings is 1. The van der Waals surface area contributed by atoms with Crippen LogP contribution in [0.15, 0.2) is 18.2 Å². The summed E-state index contributed by atoms with van der Waals surface area (Å²) in [6.07, 6.45) is 2.96. The average Bonchev–Trinajstić information content (AvgIpc) is 2.70. The molecule has 1 N–H and O–H groups in total. The third kappa shape index (κ3) is 3.34. The van der Waals surface area contributed by atoms with Gasteiger partial charge >= 0.3 is 5.97 Å². The minimum absolute atomic E-state index is 0.369. The summed E-state index contributed by atoms with van der Waals surface area (Å²) < 4.78 is 0.640. The van der Waals surface area contributed by atoms with Crippen molar-refractivity contribution in [2.75, 3.05) is 7.05 Å². The standard InChI is InChI=1S/C12H14ClNO3S/c1-12(2,11(16)17)14(3)10(15)7-5-8-4-6-9(13)18-8/h4-7H,1-3H3,(H,16,17). The van der Waals surface area contributed by atoms with Gasteiger partial charge in [-0.1, -0.05) is 11.6 Å². The van der Waals surface area contributed by atoms with E-state index in [1.165, 1.54) is 43.2 Å². The molecule has 1 heterocycles. The second-order valence-electron chi connectivity index (χ2n) is 4.24. The monoisotopic (exact) mass is 287 g/mol. The Morgan fingerprint density at radius 3 is 2.50 bits per heavy atom. The number of carboxylic acid groups (broad SMARTS) is 1. The summed E-state index contributed by atoms with van der Waals surface area (Å²) in [7, 11) is 1.46. The molecule has 1 aromatic heterocycles. The zero-order valence-corrected chi connectivity index (χ0v) is 11.9. The third-order valence-electron chi connectivity index (χ3n) is 2.68. The van der Waals surface area contributed by atoms with Crippen LogP contribution >= 0.6 is 22.9 Å². The Kier molecular flexibility index (Phi) is 4.53. The van der Waals surface area contributed by atoms with Crippen LogP contribution in [0.25, 0.3) is 6.08 Å². The number of hydrogen-bond acceptors (Lipinski definition) is 3. The molecule has 98 valence electrons. The second-order valence-corrected chi connectivity index (χ2v) is 5.98. The number of likely N-dealkylation sites (N-methyl/N-ethyl adjacent to an activating group) is 1. The van der Waals surface area contributed by atoms with Crippen LogP contribution in [0.2, 0.25) is 4.34 Å². The highest BCUT2D eigenvalue weighted by molar-refractivity contribution is 7.17. The van der Waals surface area contributed by atoms with E-state index in [4.69, 9.17) is 16.7 Å². The van der Waals surface area contributed by atoms with Crippen molar-refractivity contribution in [1.29, 1.82) is 0 Å². The Bertz CT molecular complexity index is 493. The molecule has 0 fully saturated rings. The first-order valence-corrected chi connectivity index (χ1v) is 6.39. The maximum Gasteiger partial charge on any atom is 0.329 e. The lowest BCUT2D eigenvalue weighted by Crippen LogP contribution is -2.50. The first-order valence-electron chi connectivity index (χ1n) is 5.19. The topological polar surface area (TPSA) is 57.6 Å². The fourth-order valence-corrected chi connectivity index (χ4v) is 2.07. The van der Waals surface area contributed by atoms with Gasteiger partial charge in [0.2, 0.25) is 5.91 Å². The number of nitrogens with zero attached hydrogens (tertiary/aromatic N) is 1. The number of hydrogen-bond donors (Lipinski definition) is 1. The number of carbonyl (C=O) groups excluding carboxylic acids is 1. The molecule has 0 atom stereocenters. The molecule has 0 aromatic carbocycles. The zero-order valence-electron chi connectivity index (χ0n) is 10.3. The summed E-state index contributed by atoms with van der Waals surface area (Å²) in [6, 6.07) is 3.53. The van der Waals surface area contributed by atoms with Crippen molar-refractivity contribution in [3.8, 4) is 0 Å². The van der Waals surface area contributed by atoms with Gasteiger partial charge in [0.05, 0.1) is 4.34 Å². The van der Waals surface area contributed by atoms with E-state index in [0.29, 0.717) is 4.34 Å². The Labute approximate surface area is 114 Å². The summed E-state index contributed by atoms with van der Waals surface area (Å²) in [5, 5.41) is 9.02. The van der Waals surface area contributed by atoms with Crippen molar-refractivity contribution in [2.24, 2.45) is 0 Å². The molecule has 1 amide bonds. The van der Waals surface area contributed by atoms with Gasteiger partial charge in [0.15, 0.2) is 0 Å². The van der Waals surface area contributed by atoms with E-state index in [2.05, 4.69) is 0 Å². The van der Waals surface area contributed by atoms with Crippen LogP contribution in [0, 0.1) is 0 Å². The number of rotatable bonds is 4. The summed E-state index contributed by atoms with van der Waals surface area (Å²) in [5.41, 5.74) is -1.24. The summed E-state index contributed by atoms with van der Waals surface area (Å²) in [6.45, 7) is 2.95. The van der Waals surface area contributed by atoms with E-state index in [0.717, 1.165) is 4.88 Å². The van der Waals surface area contributed by atoms with Gasteiger partial charge in [-0.3, -0.25) is 4.79 Å². The Hall–Kier alpha value is -1.33. The molecule has 18 heavy (non-hydrogen) atoms. The van der Waals surface area contributed by atoms with Crippen molar-refractivity contribution >= 4 is 40.9 Å². The van der Waals surface area contributed by atoms with Crippen LogP contribution in [0.5, 0.6) is 0 Å². The van der Waals surface area contributed by atoms with Crippen LogP contribution in [-0.2, 0) is 9.59 Å². The summed E-state index contributed by atoms with van der Waals surface area (Å²) in [4.78, 5) is 24.9. The van der Waals surface area contributed by atoms with Crippen molar-refractivity contribution in [1.82, 2.24) is 4.90 Å². The van der Waals surface area contributed by atoms with Crippen LogP contribution in [0.1, 0.15) is 18.7 Å². The Balaban J connectivity index is 2.77. The van der Waals surface area contributed by atoms with Gasteiger partial charge < -0.3 is 10.0 Å². The fraction of sp³-hybridized carbons (Fsp3) is 0.333. The number of carbonyl (C=O) groups is 2. The molecule has 0 aliphatic carbocycles.